The summed E-state index contributed by atoms with van der Waals surface area (Å²) in [5, 5.41) is 4.62. The van der Waals surface area contributed by atoms with Crippen LogP contribution in [0.15, 0.2) is 27.6 Å². The average Bonchev–Trinajstić information content (AvgIpc) is 3.40. The summed E-state index contributed by atoms with van der Waals surface area (Å²) in [5.74, 6) is 1.83. The summed E-state index contributed by atoms with van der Waals surface area (Å²) in [5.41, 5.74) is 0. The van der Waals surface area contributed by atoms with Gasteiger partial charge in [0.25, 0.3) is 0 Å². The minimum Gasteiger partial charge on any atom is -0.338 e. The maximum Gasteiger partial charge on any atom is 0.243 e. The Morgan fingerprint density at radius 2 is 1.85 bits per heavy atom. The molecule has 1 aromatic carbocycles. The number of piperazine rings is 1. The van der Waals surface area contributed by atoms with E-state index in [4.69, 9.17) is 27.7 Å². The summed E-state index contributed by atoms with van der Waals surface area (Å²) in [6.07, 6.45) is 2.25. The molecular weight excluding hydrogens is 411 g/mol. The van der Waals surface area contributed by atoms with E-state index in [9.17, 15) is 8.42 Å². The van der Waals surface area contributed by atoms with Crippen molar-refractivity contribution in [1.29, 1.82) is 0 Å². The Morgan fingerprint density at radius 3 is 2.48 bits per heavy atom. The van der Waals surface area contributed by atoms with Gasteiger partial charge >= 0.3 is 0 Å². The minimum absolute atomic E-state index is 0.0418. The van der Waals surface area contributed by atoms with Gasteiger partial charge in [-0.15, -0.1) is 0 Å². The second-order valence-electron chi connectivity index (χ2n) is 6.96. The number of nitrogens with zero attached hydrogens (tertiary/aromatic N) is 4. The number of benzene rings is 1. The molecule has 27 heavy (non-hydrogen) atoms. The zero-order valence-electron chi connectivity index (χ0n) is 14.8. The SMILES string of the molecule is CC(c1nc(C2CC2)no1)N1CCN(S(=O)(=O)c2ccc(Cl)c(Cl)c2)CC1. The average molecular weight is 431 g/mol. The Hall–Kier alpha value is -1.19. The Kier molecular flexibility index (Phi) is 5.20. The number of hydrogen-bond donors (Lipinski definition) is 0. The van der Waals surface area contributed by atoms with Crippen LogP contribution in [0.4, 0.5) is 0 Å². The lowest BCUT2D eigenvalue weighted by Crippen LogP contribution is -2.49. The number of sulfonamides is 1. The summed E-state index contributed by atoms with van der Waals surface area (Å²) >= 11 is 11.9. The van der Waals surface area contributed by atoms with Gasteiger partial charge in [0, 0.05) is 32.1 Å². The highest BCUT2D eigenvalue weighted by molar-refractivity contribution is 7.89. The molecular formula is C17H20Cl2N4O3S. The lowest BCUT2D eigenvalue weighted by Gasteiger charge is -2.36. The second kappa shape index (κ2) is 7.33. The lowest BCUT2D eigenvalue weighted by molar-refractivity contribution is 0.124. The molecule has 2 fully saturated rings. The fourth-order valence-electron chi connectivity index (χ4n) is 3.20. The van der Waals surface area contributed by atoms with Crippen LogP contribution < -0.4 is 0 Å². The number of hydrogen-bond acceptors (Lipinski definition) is 6. The van der Waals surface area contributed by atoms with Crippen molar-refractivity contribution in [2.24, 2.45) is 0 Å². The van der Waals surface area contributed by atoms with Gasteiger partial charge in [-0.1, -0.05) is 28.4 Å². The largest absolute Gasteiger partial charge is 0.338 e. The molecule has 0 radical (unpaired) electrons. The van der Waals surface area contributed by atoms with E-state index < -0.39 is 10.0 Å². The zero-order chi connectivity index (χ0) is 19.2. The molecule has 0 spiro atoms. The van der Waals surface area contributed by atoms with E-state index >= 15 is 0 Å². The van der Waals surface area contributed by atoms with Crippen molar-refractivity contribution >= 4 is 33.2 Å². The van der Waals surface area contributed by atoms with Gasteiger partial charge < -0.3 is 4.52 Å². The predicted molar refractivity (Wildman–Crippen MR) is 101 cm³/mol. The van der Waals surface area contributed by atoms with Crippen molar-refractivity contribution < 1.29 is 12.9 Å². The molecule has 146 valence electrons. The first kappa shape index (κ1) is 19.1. The second-order valence-corrected chi connectivity index (χ2v) is 9.71. The van der Waals surface area contributed by atoms with E-state index in [0.29, 0.717) is 43.0 Å². The van der Waals surface area contributed by atoms with Crippen LogP contribution in [0.25, 0.3) is 0 Å². The maximum atomic E-state index is 12.8. The standard InChI is InChI=1S/C17H20Cl2N4O3S/c1-11(17-20-16(21-26-17)12-2-3-12)22-6-8-23(9-7-22)27(24,25)13-4-5-14(18)15(19)10-13/h4-5,10-12H,2-3,6-9H2,1H3. The van der Waals surface area contributed by atoms with Gasteiger partial charge in [0.2, 0.25) is 15.9 Å². The highest BCUT2D eigenvalue weighted by Gasteiger charge is 2.34. The fourth-order valence-corrected chi connectivity index (χ4v) is 5.01. The predicted octanol–water partition coefficient (Wildman–Crippen LogP) is 3.32. The third-order valence-electron chi connectivity index (χ3n) is 5.11. The van der Waals surface area contributed by atoms with Gasteiger partial charge in [0.15, 0.2) is 5.82 Å². The monoisotopic (exact) mass is 430 g/mol. The van der Waals surface area contributed by atoms with Gasteiger partial charge in [-0.2, -0.15) is 9.29 Å². The maximum absolute atomic E-state index is 12.8. The summed E-state index contributed by atoms with van der Waals surface area (Å²) in [7, 11) is -3.60. The molecule has 2 heterocycles. The molecule has 1 saturated heterocycles. The van der Waals surface area contributed by atoms with Crippen LogP contribution >= 0.6 is 23.2 Å². The van der Waals surface area contributed by atoms with Gasteiger partial charge in [0.1, 0.15) is 0 Å². The van der Waals surface area contributed by atoms with Gasteiger partial charge in [-0.3, -0.25) is 4.90 Å². The normalized spacial score (nSPS) is 20.7. The molecule has 1 aromatic heterocycles. The summed E-state index contributed by atoms with van der Waals surface area (Å²) < 4.78 is 32.6. The fraction of sp³-hybridized carbons (Fsp3) is 0.529. The molecule has 1 aliphatic carbocycles. The smallest absolute Gasteiger partial charge is 0.243 e. The molecule has 1 unspecified atom stereocenters. The van der Waals surface area contributed by atoms with Crippen molar-refractivity contribution in [3.63, 3.8) is 0 Å². The van der Waals surface area contributed by atoms with E-state index in [1.165, 1.54) is 22.5 Å². The van der Waals surface area contributed by atoms with E-state index in [2.05, 4.69) is 15.0 Å². The number of halogens is 2. The highest BCUT2D eigenvalue weighted by atomic mass is 35.5. The molecule has 7 nitrogen and oxygen atoms in total. The van der Waals surface area contributed by atoms with Crippen molar-refractivity contribution in [3.05, 3.63) is 40.0 Å². The van der Waals surface area contributed by atoms with E-state index in [1.54, 1.807) is 0 Å². The molecule has 10 heteroatoms. The molecule has 2 aliphatic rings. The van der Waals surface area contributed by atoms with E-state index in [0.717, 1.165) is 18.7 Å². The quantitative estimate of drug-likeness (QED) is 0.723. The van der Waals surface area contributed by atoms with Crippen molar-refractivity contribution in [2.45, 2.75) is 36.6 Å². The Balaban J connectivity index is 1.42. The molecule has 4 rings (SSSR count). The van der Waals surface area contributed by atoms with Crippen molar-refractivity contribution in [2.75, 3.05) is 26.2 Å². The van der Waals surface area contributed by atoms with Crippen LogP contribution in [-0.4, -0.2) is 53.9 Å². The van der Waals surface area contributed by atoms with E-state index in [-0.39, 0.29) is 16.0 Å². The molecule has 0 bridgehead atoms. The van der Waals surface area contributed by atoms with Gasteiger partial charge in [-0.25, -0.2) is 8.42 Å². The van der Waals surface area contributed by atoms with Crippen LogP contribution in [0.5, 0.6) is 0 Å². The summed E-state index contributed by atoms with van der Waals surface area (Å²) in [6, 6.07) is 4.34. The minimum atomic E-state index is -3.60. The molecule has 0 amide bonds. The molecule has 1 saturated carbocycles. The first-order valence-electron chi connectivity index (χ1n) is 8.89. The van der Waals surface area contributed by atoms with E-state index in [1.807, 2.05) is 6.92 Å². The lowest BCUT2D eigenvalue weighted by atomic mass is 10.2. The number of rotatable bonds is 5. The van der Waals surface area contributed by atoms with Crippen LogP contribution in [0.2, 0.25) is 10.0 Å². The molecule has 2 aromatic rings. The topological polar surface area (TPSA) is 79.5 Å². The third kappa shape index (κ3) is 3.86. The summed E-state index contributed by atoms with van der Waals surface area (Å²) in [6.45, 7) is 3.95. The van der Waals surface area contributed by atoms with Crippen LogP contribution in [0, 0.1) is 0 Å². The zero-order valence-corrected chi connectivity index (χ0v) is 17.1. The molecule has 1 aliphatic heterocycles. The van der Waals surface area contributed by atoms with Gasteiger partial charge in [0.05, 0.1) is 21.0 Å². The van der Waals surface area contributed by atoms with Crippen LogP contribution in [-0.2, 0) is 10.0 Å². The molecule has 1 atom stereocenters. The van der Waals surface area contributed by atoms with Crippen molar-refractivity contribution in [1.82, 2.24) is 19.3 Å². The summed E-state index contributed by atoms with van der Waals surface area (Å²) in [4.78, 5) is 6.82. The van der Waals surface area contributed by atoms with Crippen molar-refractivity contribution in [3.8, 4) is 0 Å². The Morgan fingerprint density at radius 1 is 1.15 bits per heavy atom. The third-order valence-corrected chi connectivity index (χ3v) is 7.74. The van der Waals surface area contributed by atoms with Gasteiger partial charge in [-0.05, 0) is 38.0 Å². The van der Waals surface area contributed by atoms with Crippen LogP contribution in [0.3, 0.4) is 0 Å². The van der Waals surface area contributed by atoms with Crippen LogP contribution in [0.1, 0.15) is 43.4 Å². The molecule has 0 N–H and O–H groups in total. The highest BCUT2D eigenvalue weighted by Crippen LogP contribution is 2.38. The number of aromatic nitrogens is 2. The Labute approximate surface area is 168 Å². The Bertz CT molecular complexity index is 937. The first-order valence-corrected chi connectivity index (χ1v) is 11.1. The first-order chi connectivity index (χ1) is 12.9.